The second-order valence-corrected chi connectivity index (χ2v) is 8.42. The first-order valence-corrected chi connectivity index (χ1v) is 11.8. The monoisotopic (exact) mass is 462 g/mol. The summed E-state index contributed by atoms with van der Waals surface area (Å²) in [4.78, 5) is 21.0. The molecule has 9 heteroatoms. The molecule has 0 radical (unpaired) electrons. The minimum absolute atomic E-state index is 0.134. The smallest absolute Gasteiger partial charge is 0.227 e. The molecule has 1 saturated carbocycles. The molecule has 2 aromatic heterocycles. The van der Waals surface area contributed by atoms with E-state index in [1.54, 1.807) is 18.9 Å². The van der Waals surface area contributed by atoms with E-state index >= 15 is 0 Å². The lowest BCUT2D eigenvalue weighted by atomic mass is 10.2. The first kappa shape index (κ1) is 22.6. The highest BCUT2D eigenvalue weighted by Crippen LogP contribution is 2.30. The lowest BCUT2D eigenvalue weighted by molar-refractivity contribution is -0.117. The number of anilines is 3. The minimum Gasteiger partial charge on any atom is -0.497 e. The second kappa shape index (κ2) is 10.4. The van der Waals surface area contributed by atoms with Gasteiger partial charge in [0.2, 0.25) is 5.91 Å². The van der Waals surface area contributed by atoms with Crippen LogP contribution < -0.4 is 15.4 Å². The van der Waals surface area contributed by atoms with Crippen molar-refractivity contribution in [3.8, 4) is 5.75 Å². The highest BCUT2D eigenvalue weighted by molar-refractivity contribution is 7.98. The average molecular weight is 463 g/mol. The van der Waals surface area contributed by atoms with Crippen LogP contribution in [-0.4, -0.2) is 39.4 Å². The Kier molecular flexibility index (Phi) is 7.09. The number of aryl methyl sites for hydroxylation is 1. The van der Waals surface area contributed by atoms with Crippen molar-refractivity contribution in [3.05, 3.63) is 60.6 Å². The first-order chi connectivity index (χ1) is 16.1. The fourth-order valence-corrected chi connectivity index (χ4v) is 3.58. The lowest BCUT2D eigenvalue weighted by Gasteiger charge is -2.07. The molecule has 0 saturated heterocycles. The van der Waals surface area contributed by atoms with Gasteiger partial charge >= 0.3 is 0 Å². The summed E-state index contributed by atoms with van der Waals surface area (Å²) in [5.41, 5.74) is 1.84. The van der Waals surface area contributed by atoms with Gasteiger partial charge in [-0.2, -0.15) is 5.10 Å². The standard InChI is InChI=1S/C13H13N5S.C11H13NO2/c1-8-14-7-11(19-2)13(15-8)16-12-9-5-3-4-6-10(9)17-18-12;1-14-10-6-4-9(5-7-10)12-11(13)8-2-3-8/h3-7H,1-2H3,(H2,14,15,16,17,18);4-8H,2-3H2,1H3,(H,12,13). The zero-order valence-electron chi connectivity index (χ0n) is 18.8. The van der Waals surface area contributed by atoms with Gasteiger partial charge in [0.15, 0.2) is 5.82 Å². The number of benzene rings is 2. The molecule has 8 nitrogen and oxygen atoms in total. The number of aromatic nitrogens is 4. The fraction of sp³-hybridized carbons (Fsp3) is 0.250. The number of amides is 1. The topological polar surface area (TPSA) is 105 Å². The average Bonchev–Trinajstić information content (AvgIpc) is 3.62. The number of hydrogen-bond acceptors (Lipinski definition) is 7. The summed E-state index contributed by atoms with van der Waals surface area (Å²) >= 11 is 1.61. The maximum atomic E-state index is 11.4. The molecule has 0 bridgehead atoms. The Morgan fingerprint density at radius 1 is 1.12 bits per heavy atom. The van der Waals surface area contributed by atoms with Crippen LogP contribution in [0.1, 0.15) is 18.7 Å². The van der Waals surface area contributed by atoms with Gasteiger partial charge in [0.1, 0.15) is 17.4 Å². The van der Waals surface area contributed by atoms with Crippen molar-refractivity contribution in [1.82, 2.24) is 20.2 Å². The van der Waals surface area contributed by atoms with E-state index in [2.05, 4.69) is 30.8 Å². The number of H-pyrrole nitrogens is 1. The quantitative estimate of drug-likeness (QED) is 0.340. The molecular weight excluding hydrogens is 436 g/mol. The van der Waals surface area contributed by atoms with Crippen molar-refractivity contribution in [1.29, 1.82) is 0 Å². The fourth-order valence-electron chi connectivity index (χ4n) is 3.13. The maximum Gasteiger partial charge on any atom is 0.227 e. The van der Waals surface area contributed by atoms with Gasteiger partial charge in [0.05, 0.1) is 17.5 Å². The van der Waals surface area contributed by atoms with E-state index in [1.807, 2.05) is 67.9 Å². The van der Waals surface area contributed by atoms with Crippen LogP contribution in [0.15, 0.2) is 59.6 Å². The summed E-state index contributed by atoms with van der Waals surface area (Å²) in [6, 6.07) is 15.3. The molecule has 2 aromatic carbocycles. The minimum atomic E-state index is 0.134. The van der Waals surface area contributed by atoms with E-state index in [0.717, 1.165) is 57.5 Å². The Bertz CT molecular complexity index is 1240. The van der Waals surface area contributed by atoms with Crippen LogP contribution in [0.2, 0.25) is 0 Å². The van der Waals surface area contributed by atoms with E-state index in [0.29, 0.717) is 0 Å². The Labute approximate surface area is 196 Å². The summed E-state index contributed by atoms with van der Waals surface area (Å²) in [6.07, 6.45) is 5.88. The molecule has 1 aliphatic carbocycles. The molecule has 0 aliphatic heterocycles. The molecule has 33 heavy (non-hydrogen) atoms. The molecular formula is C24H26N6O2S. The van der Waals surface area contributed by atoms with Crippen LogP contribution >= 0.6 is 11.8 Å². The van der Waals surface area contributed by atoms with Gasteiger partial charge in [-0.05, 0) is 62.4 Å². The molecule has 5 rings (SSSR count). The number of nitrogens with zero attached hydrogens (tertiary/aromatic N) is 3. The van der Waals surface area contributed by atoms with Crippen molar-refractivity contribution < 1.29 is 9.53 Å². The third-order valence-corrected chi connectivity index (χ3v) is 5.85. The number of thioether (sulfide) groups is 1. The van der Waals surface area contributed by atoms with Gasteiger partial charge in [-0.1, -0.05) is 12.1 Å². The molecule has 0 spiro atoms. The van der Waals surface area contributed by atoms with E-state index in [9.17, 15) is 4.79 Å². The second-order valence-electron chi connectivity index (χ2n) is 7.57. The third kappa shape index (κ3) is 5.81. The molecule has 4 aromatic rings. The Balaban J connectivity index is 0.000000165. The van der Waals surface area contributed by atoms with Crippen LogP contribution in [-0.2, 0) is 4.79 Å². The Morgan fingerprint density at radius 2 is 1.88 bits per heavy atom. The number of carbonyl (C=O) groups is 1. The van der Waals surface area contributed by atoms with Crippen molar-refractivity contribution in [2.45, 2.75) is 24.7 Å². The van der Waals surface area contributed by atoms with E-state index in [4.69, 9.17) is 4.74 Å². The van der Waals surface area contributed by atoms with Gasteiger partial charge in [-0.25, -0.2) is 9.97 Å². The largest absolute Gasteiger partial charge is 0.497 e. The molecule has 0 atom stereocenters. The van der Waals surface area contributed by atoms with Crippen molar-refractivity contribution in [2.75, 3.05) is 24.0 Å². The SMILES string of the molecule is COc1ccc(NC(=O)C2CC2)cc1.CSc1cnc(C)nc1Nc1n[nH]c2ccccc12. The molecule has 1 fully saturated rings. The third-order valence-electron chi connectivity index (χ3n) is 5.11. The summed E-state index contributed by atoms with van der Waals surface area (Å²) in [7, 11) is 1.62. The number of fused-ring (bicyclic) bond motifs is 1. The number of ether oxygens (including phenoxy) is 1. The number of nitrogens with one attached hydrogen (secondary N) is 3. The first-order valence-electron chi connectivity index (χ1n) is 10.6. The summed E-state index contributed by atoms with van der Waals surface area (Å²) in [5.74, 6) is 3.49. The van der Waals surface area contributed by atoms with Crippen LogP contribution in [0.4, 0.5) is 17.3 Å². The predicted octanol–water partition coefficient (Wildman–Crippen LogP) is 5.17. The van der Waals surface area contributed by atoms with Crippen LogP contribution in [0.25, 0.3) is 10.9 Å². The number of carbonyl (C=O) groups excluding carboxylic acids is 1. The van der Waals surface area contributed by atoms with Gasteiger partial charge in [0.25, 0.3) is 0 Å². The van der Waals surface area contributed by atoms with E-state index < -0.39 is 0 Å². The van der Waals surface area contributed by atoms with Crippen LogP contribution in [0.5, 0.6) is 5.75 Å². The summed E-state index contributed by atoms with van der Waals surface area (Å²) in [5, 5.41) is 14.5. The number of rotatable bonds is 6. The number of para-hydroxylation sites is 1. The van der Waals surface area contributed by atoms with Crippen LogP contribution in [0.3, 0.4) is 0 Å². The summed E-state index contributed by atoms with van der Waals surface area (Å²) in [6.45, 7) is 1.87. The lowest BCUT2D eigenvalue weighted by Crippen LogP contribution is -2.12. The normalized spacial score (nSPS) is 12.6. The highest BCUT2D eigenvalue weighted by atomic mass is 32.2. The zero-order valence-corrected chi connectivity index (χ0v) is 19.6. The zero-order chi connectivity index (χ0) is 23.2. The van der Waals surface area contributed by atoms with Gasteiger partial charge in [-0.15, -0.1) is 11.8 Å². The Morgan fingerprint density at radius 3 is 2.58 bits per heavy atom. The molecule has 0 unspecified atom stereocenters. The predicted molar refractivity (Wildman–Crippen MR) is 132 cm³/mol. The Hall–Kier alpha value is -3.59. The van der Waals surface area contributed by atoms with Gasteiger partial charge in [-0.3, -0.25) is 9.89 Å². The molecule has 1 aliphatic rings. The van der Waals surface area contributed by atoms with E-state index in [-0.39, 0.29) is 11.8 Å². The van der Waals surface area contributed by atoms with Crippen molar-refractivity contribution in [3.63, 3.8) is 0 Å². The van der Waals surface area contributed by atoms with Gasteiger partial charge < -0.3 is 15.4 Å². The van der Waals surface area contributed by atoms with Crippen molar-refractivity contribution in [2.24, 2.45) is 5.92 Å². The molecule has 2 heterocycles. The van der Waals surface area contributed by atoms with Crippen molar-refractivity contribution >= 4 is 45.9 Å². The maximum absolute atomic E-state index is 11.4. The molecule has 170 valence electrons. The van der Waals surface area contributed by atoms with E-state index in [1.165, 1.54) is 0 Å². The van der Waals surface area contributed by atoms with Gasteiger partial charge in [0, 0.05) is 23.2 Å². The highest BCUT2D eigenvalue weighted by Gasteiger charge is 2.29. The molecule has 3 N–H and O–H groups in total. The van der Waals surface area contributed by atoms with Crippen LogP contribution in [0, 0.1) is 12.8 Å². The number of hydrogen-bond donors (Lipinski definition) is 3. The summed E-state index contributed by atoms with van der Waals surface area (Å²) < 4.78 is 5.02. The number of methoxy groups -OCH3 is 1. The molecule has 1 amide bonds. The number of aromatic amines is 1.